The van der Waals surface area contributed by atoms with Gasteiger partial charge in [0, 0.05) is 12.1 Å². The van der Waals surface area contributed by atoms with Gasteiger partial charge in [0.15, 0.2) is 0 Å². The zero-order chi connectivity index (χ0) is 18.6. The summed E-state index contributed by atoms with van der Waals surface area (Å²) in [7, 11) is -3.47. The van der Waals surface area contributed by atoms with E-state index < -0.39 is 16.0 Å². The Morgan fingerprint density at radius 1 is 1.15 bits per heavy atom. The van der Waals surface area contributed by atoms with Crippen molar-refractivity contribution >= 4 is 53.7 Å². The van der Waals surface area contributed by atoms with E-state index in [2.05, 4.69) is 4.72 Å². The molecule has 1 aromatic carbocycles. The third-order valence-electron chi connectivity index (χ3n) is 5.85. The van der Waals surface area contributed by atoms with E-state index >= 15 is 0 Å². The van der Waals surface area contributed by atoms with Crippen LogP contribution in [0.2, 0.25) is 0 Å². The van der Waals surface area contributed by atoms with Gasteiger partial charge in [0.05, 0.1) is 4.90 Å². The summed E-state index contributed by atoms with van der Waals surface area (Å²) in [6.45, 7) is 0. The van der Waals surface area contributed by atoms with Gasteiger partial charge in [0.25, 0.3) is 0 Å². The predicted molar refractivity (Wildman–Crippen MR) is 106 cm³/mol. The number of allylic oxidation sites excluding steroid dienone is 1. The largest absolute Gasteiger partial charge is 2.00 e. The van der Waals surface area contributed by atoms with Gasteiger partial charge in [-0.05, 0) is 68.4 Å². The van der Waals surface area contributed by atoms with Crippen molar-refractivity contribution in [2.24, 2.45) is 17.8 Å². The molecule has 3 rings (SSSR count). The van der Waals surface area contributed by atoms with E-state index in [1.165, 1.54) is 12.5 Å². The second-order valence-electron chi connectivity index (χ2n) is 7.48. The van der Waals surface area contributed by atoms with Gasteiger partial charge in [-0.2, -0.15) is 0 Å². The smallest absolute Gasteiger partial charge is 0.478 e. The first-order valence-corrected chi connectivity index (χ1v) is 10.9. The summed E-state index contributed by atoms with van der Waals surface area (Å²) >= 11 is 0. The summed E-state index contributed by atoms with van der Waals surface area (Å²) in [6.07, 6.45) is 10.0. The third kappa shape index (κ3) is 6.04. The normalized spacial score (nSPS) is 27.0. The van der Waals surface area contributed by atoms with Gasteiger partial charge in [-0.15, -0.1) is 0 Å². The monoisotopic (exact) mass is 417 g/mol. The van der Waals surface area contributed by atoms with Crippen LogP contribution in [-0.4, -0.2) is 63.3 Å². The van der Waals surface area contributed by atoms with Crippen molar-refractivity contribution in [2.75, 3.05) is 0 Å². The molecule has 2 saturated carbocycles. The summed E-state index contributed by atoms with van der Waals surface area (Å²) in [5.41, 5.74) is 0. The minimum atomic E-state index is -3.47. The molecule has 2 N–H and O–H groups in total. The Balaban J connectivity index is 0.00000261. The van der Waals surface area contributed by atoms with Crippen molar-refractivity contribution in [3.63, 3.8) is 0 Å². The molecule has 0 heterocycles. The Labute approximate surface area is 191 Å². The molecule has 2 fully saturated rings. The molecule has 0 spiro atoms. The molecule has 0 aromatic heterocycles. The van der Waals surface area contributed by atoms with Gasteiger partial charge in [-0.3, -0.25) is 0 Å². The summed E-state index contributed by atoms with van der Waals surface area (Å²) < 4.78 is 28.4. The predicted octanol–water partition coefficient (Wildman–Crippen LogP) is 3.20. The molecule has 4 atom stereocenters. The van der Waals surface area contributed by atoms with Crippen LogP contribution in [0.5, 0.6) is 0 Å². The Morgan fingerprint density at radius 2 is 1.85 bits per heavy atom. The van der Waals surface area contributed by atoms with Gasteiger partial charge in [0.1, 0.15) is 0 Å². The average Bonchev–Trinajstić information content (AvgIpc) is 3.20. The first-order chi connectivity index (χ1) is 12.5. The van der Waals surface area contributed by atoms with E-state index in [1.807, 2.05) is 6.07 Å². The number of sulfonamides is 1. The molecule has 7 heteroatoms. The number of benzene rings is 1. The number of carboxylic acid groups (broad SMARTS) is 1. The van der Waals surface area contributed by atoms with Gasteiger partial charge in [0.2, 0.25) is 10.0 Å². The van der Waals surface area contributed by atoms with Gasteiger partial charge < -0.3 is 5.11 Å². The molecule has 2 aliphatic rings. The molecule has 0 radical (unpaired) electrons. The molecule has 2 bridgehead atoms. The zero-order valence-corrected chi connectivity index (χ0v) is 18.6. The van der Waals surface area contributed by atoms with Crippen LogP contribution in [0.4, 0.5) is 0 Å². The molecular formula is C20H27CaNO4S+2. The van der Waals surface area contributed by atoms with Crippen molar-refractivity contribution < 1.29 is 18.3 Å². The van der Waals surface area contributed by atoms with Crippen LogP contribution >= 0.6 is 0 Å². The first-order valence-electron chi connectivity index (χ1n) is 9.44. The maximum Gasteiger partial charge on any atom is 2.00 e. The Morgan fingerprint density at radius 3 is 2.56 bits per heavy atom. The fraction of sp³-hybridized carbons (Fsp3) is 0.550. The second kappa shape index (κ2) is 10.4. The number of unbranched alkanes of at least 4 members (excludes halogenated alkanes) is 2. The fourth-order valence-electron chi connectivity index (χ4n) is 4.68. The molecule has 5 nitrogen and oxygen atoms in total. The number of hydrogen-bond donors (Lipinski definition) is 2. The number of fused-ring (bicyclic) bond motifs is 2. The standard InChI is InChI=1S/C20H27NO4S.Ca/c22-19(23)11-7-2-1-6-10-18-15-12-13-16(14-15)20(18)21-26(24,25)17-8-4-3-5-9-17;/h3-5,7-9,11,15-16,18,20-21H,1-2,6,10,12-14H2,(H,22,23);/q;+2/b11-7+;. The van der Waals surface area contributed by atoms with Crippen LogP contribution in [0.3, 0.4) is 0 Å². The minimum Gasteiger partial charge on any atom is -0.478 e. The van der Waals surface area contributed by atoms with Crippen molar-refractivity contribution in [3.8, 4) is 0 Å². The Bertz CT molecular complexity index is 751. The molecular weight excluding hydrogens is 390 g/mol. The van der Waals surface area contributed by atoms with Crippen molar-refractivity contribution in [1.82, 2.24) is 4.72 Å². The van der Waals surface area contributed by atoms with Crippen LogP contribution < -0.4 is 4.72 Å². The molecule has 4 unspecified atom stereocenters. The summed E-state index contributed by atoms with van der Waals surface area (Å²) in [4.78, 5) is 10.8. The van der Waals surface area contributed by atoms with Gasteiger partial charge in [-0.1, -0.05) is 30.7 Å². The van der Waals surface area contributed by atoms with Crippen LogP contribution in [-0.2, 0) is 14.8 Å². The van der Waals surface area contributed by atoms with Crippen molar-refractivity contribution in [2.45, 2.75) is 55.9 Å². The van der Waals surface area contributed by atoms with Crippen LogP contribution in [0.1, 0.15) is 44.9 Å². The summed E-state index contributed by atoms with van der Waals surface area (Å²) in [5.74, 6) is 0.567. The number of hydrogen-bond acceptors (Lipinski definition) is 3. The van der Waals surface area contributed by atoms with E-state index in [4.69, 9.17) is 5.11 Å². The van der Waals surface area contributed by atoms with Crippen molar-refractivity contribution in [1.29, 1.82) is 0 Å². The second-order valence-corrected chi connectivity index (χ2v) is 9.20. The van der Waals surface area contributed by atoms with E-state index in [0.717, 1.165) is 38.5 Å². The summed E-state index contributed by atoms with van der Waals surface area (Å²) in [6, 6.07) is 8.62. The topological polar surface area (TPSA) is 83.5 Å². The van der Waals surface area contributed by atoms with Crippen LogP contribution in [0.15, 0.2) is 47.4 Å². The minimum absolute atomic E-state index is 0. The van der Waals surface area contributed by atoms with E-state index in [9.17, 15) is 13.2 Å². The van der Waals surface area contributed by atoms with E-state index in [0.29, 0.717) is 22.6 Å². The Kier molecular flexibility index (Phi) is 8.81. The van der Waals surface area contributed by atoms with Gasteiger partial charge in [-0.25, -0.2) is 17.9 Å². The van der Waals surface area contributed by atoms with E-state index in [-0.39, 0.29) is 43.8 Å². The fourth-order valence-corrected chi connectivity index (χ4v) is 6.06. The third-order valence-corrected chi connectivity index (χ3v) is 7.33. The number of aliphatic carboxylic acids is 1. The van der Waals surface area contributed by atoms with Crippen LogP contribution in [0, 0.1) is 17.8 Å². The first kappa shape index (κ1) is 22.9. The molecule has 2 aliphatic carbocycles. The molecule has 0 saturated heterocycles. The maximum atomic E-state index is 12.7. The van der Waals surface area contributed by atoms with E-state index in [1.54, 1.807) is 30.3 Å². The number of carboxylic acids is 1. The number of carbonyl (C=O) groups is 1. The number of nitrogens with one attached hydrogen (secondary N) is 1. The average molecular weight is 418 g/mol. The number of rotatable bonds is 9. The van der Waals surface area contributed by atoms with Crippen LogP contribution in [0.25, 0.3) is 0 Å². The molecule has 0 amide bonds. The maximum absolute atomic E-state index is 12.7. The zero-order valence-electron chi connectivity index (χ0n) is 15.6. The molecule has 0 aliphatic heterocycles. The van der Waals surface area contributed by atoms with Crippen molar-refractivity contribution in [3.05, 3.63) is 42.5 Å². The summed E-state index contributed by atoms with van der Waals surface area (Å²) in [5, 5.41) is 8.60. The molecule has 142 valence electrons. The quantitative estimate of drug-likeness (QED) is 0.367. The Hall–Kier alpha value is -0.400. The SMILES string of the molecule is O=C(O)/C=C/CCCCC1C2CCC(C2)C1NS(=O)(=O)c1ccccc1.[Ca+2]. The molecule has 27 heavy (non-hydrogen) atoms. The van der Waals surface area contributed by atoms with Gasteiger partial charge >= 0.3 is 43.7 Å². The molecule has 1 aromatic rings.